The van der Waals surface area contributed by atoms with Crippen LogP contribution in [0.5, 0.6) is 0 Å². The molecule has 1 fully saturated rings. The first-order valence-corrected chi connectivity index (χ1v) is 11.0. The van der Waals surface area contributed by atoms with Crippen molar-refractivity contribution in [3.8, 4) is 0 Å². The Balaban J connectivity index is 0.000000688. The molecule has 1 aliphatic heterocycles. The standard InChI is InChI=1S/C13H28O3Si.C4H8O2/c1-5-13(14-6-2)11-9-10-12-17(13,15-7-3)16-8-4;1-3-4(5)6-2/h5-12H2,1-4H3;3H2,1-2H3. The highest BCUT2D eigenvalue weighted by Gasteiger charge is 2.58. The molecule has 1 heterocycles. The average molecular weight is 349 g/mol. The molecule has 23 heavy (non-hydrogen) atoms. The third-order valence-corrected chi connectivity index (χ3v) is 8.95. The highest BCUT2D eigenvalue weighted by molar-refractivity contribution is 6.70. The predicted octanol–water partition coefficient (Wildman–Crippen LogP) is 3.98. The van der Waals surface area contributed by atoms with Crippen LogP contribution < -0.4 is 0 Å². The van der Waals surface area contributed by atoms with Crippen LogP contribution in [0.25, 0.3) is 0 Å². The molecule has 0 saturated carbocycles. The van der Waals surface area contributed by atoms with Crippen molar-refractivity contribution in [2.75, 3.05) is 26.9 Å². The lowest BCUT2D eigenvalue weighted by molar-refractivity contribution is -0.140. The van der Waals surface area contributed by atoms with Crippen LogP contribution in [0.2, 0.25) is 6.04 Å². The number of carbonyl (C=O) groups is 1. The summed E-state index contributed by atoms with van der Waals surface area (Å²) in [6.45, 7) is 12.4. The van der Waals surface area contributed by atoms with E-state index in [-0.39, 0.29) is 11.2 Å². The Morgan fingerprint density at radius 3 is 1.96 bits per heavy atom. The van der Waals surface area contributed by atoms with E-state index in [4.69, 9.17) is 13.6 Å². The molecule has 1 saturated heterocycles. The number of ether oxygens (including phenoxy) is 2. The van der Waals surface area contributed by atoms with E-state index >= 15 is 0 Å². The van der Waals surface area contributed by atoms with Crippen molar-refractivity contribution in [2.24, 2.45) is 0 Å². The average Bonchev–Trinajstić information content (AvgIpc) is 2.57. The topological polar surface area (TPSA) is 54.0 Å². The summed E-state index contributed by atoms with van der Waals surface area (Å²) in [7, 11) is -0.825. The second-order valence-electron chi connectivity index (χ2n) is 5.54. The molecule has 0 N–H and O–H groups in total. The minimum absolute atomic E-state index is 0.119. The van der Waals surface area contributed by atoms with E-state index in [1.807, 2.05) is 0 Å². The molecule has 1 rings (SSSR count). The van der Waals surface area contributed by atoms with Gasteiger partial charge in [-0.1, -0.05) is 26.7 Å². The van der Waals surface area contributed by atoms with Gasteiger partial charge in [0.1, 0.15) is 5.22 Å². The predicted molar refractivity (Wildman–Crippen MR) is 94.6 cm³/mol. The molecule has 138 valence electrons. The molecule has 6 heteroatoms. The van der Waals surface area contributed by atoms with Crippen LogP contribution in [0, 0.1) is 0 Å². The minimum Gasteiger partial charge on any atom is -0.469 e. The van der Waals surface area contributed by atoms with Crippen LogP contribution in [0.4, 0.5) is 0 Å². The Morgan fingerprint density at radius 1 is 1.00 bits per heavy atom. The minimum atomic E-state index is -2.21. The summed E-state index contributed by atoms with van der Waals surface area (Å²) in [6.07, 6.45) is 5.04. The first kappa shape index (κ1) is 22.6. The summed E-state index contributed by atoms with van der Waals surface area (Å²) in [5.41, 5.74) is 0. The Hall–Kier alpha value is -0.433. The molecule has 1 aliphatic rings. The number of carbonyl (C=O) groups excluding carboxylic acids is 1. The maximum Gasteiger partial charge on any atom is 0.371 e. The van der Waals surface area contributed by atoms with Crippen molar-refractivity contribution >= 4 is 14.5 Å². The molecule has 0 bridgehead atoms. The van der Waals surface area contributed by atoms with Gasteiger partial charge >= 0.3 is 14.5 Å². The van der Waals surface area contributed by atoms with Gasteiger partial charge in [0.2, 0.25) is 0 Å². The zero-order chi connectivity index (χ0) is 17.8. The van der Waals surface area contributed by atoms with Gasteiger partial charge in [0, 0.05) is 26.2 Å². The second kappa shape index (κ2) is 12.0. The van der Waals surface area contributed by atoms with Gasteiger partial charge in [0.15, 0.2) is 0 Å². The van der Waals surface area contributed by atoms with Crippen LogP contribution >= 0.6 is 0 Å². The molecule has 0 radical (unpaired) electrons. The maximum absolute atomic E-state index is 9.96. The van der Waals surface area contributed by atoms with Gasteiger partial charge in [0.25, 0.3) is 0 Å². The third-order valence-electron chi connectivity index (χ3n) is 4.29. The molecule has 0 aromatic heterocycles. The smallest absolute Gasteiger partial charge is 0.371 e. The van der Waals surface area contributed by atoms with E-state index in [0.717, 1.165) is 38.7 Å². The molecule has 0 aliphatic carbocycles. The largest absolute Gasteiger partial charge is 0.469 e. The fraction of sp³-hybridized carbons (Fsp3) is 0.941. The quantitative estimate of drug-likeness (QED) is 0.490. The summed E-state index contributed by atoms with van der Waals surface area (Å²) >= 11 is 0. The number of methoxy groups -OCH3 is 1. The van der Waals surface area contributed by atoms with E-state index in [0.29, 0.717) is 6.42 Å². The van der Waals surface area contributed by atoms with Crippen molar-refractivity contribution in [3.63, 3.8) is 0 Å². The van der Waals surface area contributed by atoms with Crippen molar-refractivity contribution in [2.45, 2.75) is 78.0 Å². The number of esters is 1. The van der Waals surface area contributed by atoms with Gasteiger partial charge in [0.05, 0.1) is 7.11 Å². The molecule has 0 spiro atoms. The van der Waals surface area contributed by atoms with Gasteiger partial charge in [-0.05, 0) is 39.7 Å². The van der Waals surface area contributed by atoms with Crippen molar-refractivity contribution in [1.82, 2.24) is 0 Å². The maximum atomic E-state index is 9.96. The first-order valence-electron chi connectivity index (χ1n) is 8.99. The van der Waals surface area contributed by atoms with Crippen molar-refractivity contribution in [1.29, 1.82) is 0 Å². The van der Waals surface area contributed by atoms with Gasteiger partial charge in [-0.25, -0.2) is 0 Å². The van der Waals surface area contributed by atoms with Crippen molar-refractivity contribution in [3.05, 3.63) is 0 Å². The molecular weight excluding hydrogens is 312 g/mol. The van der Waals surface area contributed by atoms with Gasteiger partial charge in [-0.15, -0.1) is 0 Å². The summed E-state index contributed by atoms with van der Waals surface area (Å²) in [5.74, 6) is -0.157. The van der Waals surface area contributed by atoms with Crippen LogP contribution in [-0.2, 0) is 23.1 Å². The zero-order valence-electron chi connectivity index (χ0n) is 15.9. The Morgan fingerprint density at radius 2 is 1.61 bits per heavy atom. The fourth-order valence-electron chi connectivity index (χ4n) is 3.25. The lowest BCUT2D eigenvalue weighted by Gasteiger charge is -2.49. The molecule has 0 amide bonds. The molecule has 1 atom stereocenters. The van der Waals surface area contributed by atoms with Crippen LogP contribution in [0.15, 0.2) is 0 Å². The summed E-state index contributed by atoms with van der Waals surface area (Å²) in [5, 5.41) is -0.119. The molecule has 5 nitrogen and oxygen atoms in total. The third kappa shape index (κ3) is 6.18. The SMILES string of the molecule is CCC(=O)OC.CCOC1(CC)CCCC[Si]1(OCC)OCC. The number of rotatable bonds is 8. The van der Waals surface area contributed by atoms with E-state index in [1.54, 1.807) is 6.92 Å². The molecular formula is C17H36O5Si. The van der Waals surface area contributed by atoms with E-state index in [2.05, 4.69) is 32.4 Å². The lowest BCUT2D eigenvalue weighted by atomic mass is 10.1. The molecule has 0 aromatic carbocycles. The van der Waals surface area contributed by atoms with Crippen LogP contribution in [-0.4, -0.2) is 46.7 Å². The van der Waals surface area contributed by atoms with E-state index in [1.165, 1.54) is 20.0 Å². The summed E-state index contributed by atoms with van der Waals surface area (Å²) in [6, 6.07) is 1.09. The summed E-state index contributed by atoms with van der Waals surface area (Å²) < 4.78 is 22.7. The fourth-order valence-corrected chi connectivity index (χ4v) is 7.72. The molecule has 0 aromatic rings. The van der Waals surface area contributed by atoms with Gasteiger partial charge < -0.3 is 18.3 Å². The van der Waals surface area contributed by atoms with Gasteiger partial charge in [-0.2, -0.15) is 0 Å². The van der Waals surface area contributed by atoms with Crippen LogP contribution in [0.3, 0.4) is 0 Å². The Kier molecular flexibility index (Phi) is 11.8. The van der Waals surface area contributed by atoms with Gasteiger partial charge in [-0.3, -0.25) is 4.79 Å². The number of hydrogen-bond acceptors (Lipinski definition) is 5. The Bertz CT molecular complexity index is 303. The highest BCUT2D eigenvalue weighted by atomic mass is 28.4. The zero-order valence-corrected chi connectivity index (χ0v) is 16.9. The molecule has 1 unspecified atom stereocenters. The number of hydrogen-bond donors (Lipinski definition) is 0. The first-order chi connectivity index (χ1) is 11.0. The summed E-state index contributed by atoms with van der Waals surface area (Å²) in [4.78, 5) is 9.96. The normalized spacial score (nSPS) is 22.9. The van der Waals surface area contributed by atoms with E-state index < -0.39 is 8.56 Å². The lowest BCUT2D eigenvalue weighted by Crippen LogP contribution is -2.65. The Labute approximate surface area is 143 Å². The highest BCUT2D eigenvalue weighted by Crippen LogP contribution is 2.42. The van der Waals surface area contributed by atoms with Crippen molar-refractivity contribution < 1.29 is 23.1 Å². The van der Waals surface area contributed by atoms with Crippen LogP contribution in [0.1, 0.15) is 66.7 Å². The monoisotopic (exact) mass is 348 g/mol. The van der Waals surface area contributed by atoms with E-state index in [9.17, 15) is 4.79 Å². The second-order valence-corrected chi connectivity index (χ2v) is 9.03.